The van der Waals surface area contributed by atoms with Gasteiger partial charge in [0.25, 0.3) is 0 Å². The van der Waals surface area contributed by atoms with Crippen molar-refractivity contribution in [2.45, 2.75) is 71.9 Å². The fourth-order valence-corrected chi connectivity index (χ4v) is 2.77. The summed E-state index contributed by atoms with van der Waals surface area (Å²) in [4.78, 5) is 0. The lowest BCUT2D eigenvalue weighted by atomic mass is 10.0. The molecule has 0 spiro atoms. The summed E-state index contributed by atoms with van der Waals surface area (Å²) in [6.07, 6.45) is 6.95. The number of rotatable bonds is 5. The van der Waals surface area contributed by atoms with Crippen molar-refractivity contribution >= 4 is 0 Å². The van der Waals surface area contributed by atoms with E-state index in [0.29, 0.717) is 6.04 Å². The van der Waals surface area contributed by atoms with Crippen LogP contribution in [0.5, 0.6) is 0 Å². The molecule has 1 nitrogen and oxygen atoms in total. The quantitative estimate of drug-likeness (QED) is 0.710. The Balaban J connectivity index is 2.18. The maximum Gasteiger partial charge on any atom is 0.00722 e. The molecule has 14 heavy (non-hydrogen) atoms. The van der Waals surface area contributed by atoms with Crippen LogP contribution in [0, 0.1) is 11.8 Å². The molecular formula is C13H27N. The third-order valence-electron chi connectivity index (χ3n) is 3.46. The Morgan fingerprint density at radius 2 is 1.93 bits per heavy atom. The molecule has 1 aliphatic rings. The van der Waals surface area contributed by atoms with Crippen LogP contribution in [-0.4, -0.2) is 12.1 Å². The zero-order valence-corrected chi connectivity index (χ0v) is 10.3. The van der Waals surface area contributed by atoms with Crippen LogP contribution in [0.3, 0.4) is 0 Å². The van der Waals surface area contributed by atoms with Gasteiger partial charge in [-0.25, -0.2) is 0 Å². The van der Waals surface area contributed by atoms with E-state index in [0.717, 1.165) is 17.9 Å². The Labute approximate surface area is 89.7 Å². The maximum absolute atomic E-state index is 3.77. The fraction of sp³-hybridized carbons (Fsp3) is 1.00. The average molecular weight is 197 g/mol. The molecular weight excluding hydrogens is 170 g/mol. The minimum absolute atomic E-state index is 0.704. The molecule has 0 aromatic heterocycles. The van der Waals surface area contributed by atoms with Crippen molar-refractivity contribution in [3.8, 4) is 0 Å². The predicted molar refractivity (Wildman–Crippen MR) is 63.5 cm³/mol. The minimum Gasteiger partial charge on any atom is -0.311 e. The van der Waals surface area contributed by atoms with Gasteiger partial charge < -0.3 is 5.32 Å². The monoisotopic (exact) mass is 197 g/mol. The van der Waals surface area contributed by atoms with Gasteiger partial charge in [0.1, 0.15) is 0 Å². The van der Waals surface area contributed by atoms with Crippen LogP contribution in [0.2, 0.25) is 0 Å². The summed E-state index contributed by atoms with van der Waals surface area (Å²) in [6.45, 7) is 9.27. The number of hydrogen-bond acceptors (Lipinski definition) is 1. The van der Waals surface area contributed by atoms with Gasteiger partial charge in [0.15, 0.2) is 0 Å². The van der Waals surface area contributed by atoms with Crippen LogP contribution in [-0.2, 0) is 0 Å². The second kappa shape index (κ2) is 5.75. The Kier molecular flexibility index (Phi) is 4.94. The molecule has 1 aliphatic carbocycles. The molecule has 0 aliphatic heterocycles. The fourth-order valence-electron chi connectivity index (χ4n) is 2.77. The van der Waals surface area contributed by atoms with Gasteiger partial charge in [0.05, 0.1) is 0 Å². The van der Waals surface area contributed by atoms with Crippen molar-refractivity contribution in [3.63, 3.8) is 0 Å². The zero-order chi connectivity index (χ0) is 10.6. The Morgan fingerprint density at radius 3 is 2.43 bits per heavy atom. The van der Waals surface area contributed by atoms with Crippen molar-refractivity contribution < 1.29 is 0 Å². The van der Waals surface area contributed by atoms with Gasteiger partial charge in [0.2, 0.25) is 0 Å². The van der Waals surface area contributed by atoms with E-state index in [9.17, 15) is 0 Å². The van der Waals surface area contributed by atoms with E-state index >= 15 is 0 Å². The topological polar surface area (TPSA) is 12.0 Å². The molecule has 0 saturated heterocycles. The molecule has 0 aromatic carbocycles. The second-order valence-electron chi connectivity index (χ2n) is 5.48. The van der Waals surface area contributed by atoms with E-state index in [1.54, 1.807) is 0 Å². The first kappa shape index (κ1) is 12.0. The van der Waals surface area contributed by atoms with Gasteiger partial charge in [-0.05, 0) is 44.4 Å². The molecule has 3 unspecified atom stereocenters. The summed E-state index contributed by atoms with van der Waals surface area (Å²) in [5.41, 5.74) is 0. The van der Waals surface area contributed by atoms with Crippen molar-refractivity contribution in [1.82, 2.24) is 5.32 Å². The van der Waals surface area contributed by atoms with E-state index in [1.165, 1.54) is 32.1 Å². The smallest absolute Gasteiger partial charge is 0.00722 e. The van der Waals surface area contributed by atoms with E-state index in [-0.39, 0.29) is 0 Å². The summed E-state index contributed by atoms with van der Waals surface area (Å²) < 4.78 is 0. The van der Waals surface area contributed by atoms with Crippen molar-refractivity contribution in [3.05, 3.63) is 0 Å². The van der Waals surface area contributed by atoms with Crippen molar-refractivity contribution in [2.75, 3.05) is 0 Å². The van der Waals surface area contributed by atoms with E-state index < -0.39 is 0 Å². The summed E-state index contributed by atoms with van der Waals surface area (Å²) in [5.74, 6) is 1.82. The molecule has 0 amide bonds. The molecule has 1 heteroatoms. The molecule has 84 valence electrons. The molecule has 1 fully saturated rings. The first-order chi connectivity index (χ1) is 6.61. The number of hydrogen-bond donors (Lipinski definition) is 1. The molecule has 1 saturated carbocycles. The lowest BCUT2D eigenvalue weighted by Crippen LogP contribution is -2.35. The third kappa shape index (κ3) is 4.00. The minimum atomic E-state index is 0.704. The maximum atomic E-state index is 3.77. The van der Waals surface area contributed by atoms with Crippen molar-refractivity contribution in [1.29, 1.82) is 0 Å². The highest BCUT2D eigenvalue weighted by Crippen LogP contribution is 2.28. The van der Waals surface area contributed by atoms with Gasteiger partial charge in [-0.15, -0.1) is 0 Å². The standard InChI is InChI=1S/C13H27N/c1-5-12-6-7-13(9-12)14-11(4)8-10(2)3/h10-14H,5-9H2,1-4H3. The van der Waals surface area contributed by atoms with Gasteiger partial charge in [-0.1, -0.05) is 27.2 Å². The lowest BCUT2D eigenvalue weighted by Gasteiger charge is -2.21. The molecule has 0 bridgehead atoms. The highest BCUT2D eigenvalue weighted by atomic mass is 14.9. The van der Waals surface area contributed by atoms with Crippen LogP contribution in [0.25, 0.3) is 0 Å². The van der Waals surface area contributed by atoms with Crippen LogP contribution >= 0.6 is 0 Å². The van der Waals surface area contributed by atoms with Crippen LogP contribution in [0.4, 0.5) is 0 Å². The Hall–Kier alpha value is -0.0400. The van der Waals surface area contributed by atoms with Crippen LogP contribution in [0.15, 0.2) is 0 Å². The molecule has 0 radical (unpaired) electrons. The van der Waals surface area contributed by atoms with E-state index in [2.05, 4.69) is 33.0 Å². The largest absolute Gasteiger partial charge is 0.311 e. The zero-order valence-electron chi connectivity index (χ0n) is 10.3. The third-order valence-corrected chi connectivity index (χ3v) is 3.46. The predicted octanol–water partition coefficient (Wildman–Crippen LogP) is 3.59. The Bertz CT molecular complexity index is 153. The van der Waals surface area contributed by atoms with Gasteiger partial charge in [0, 0.05) is 12.1 Å². The first-order valence-corrected chi connectivity index (χ1v) is 6.37. The van der Waals surface area contributed by atoms with Crippen LogP contribution < -0.4 is 5.32 Å². The molecule has 1 N–H and O–H groups in total. The number of nitrogens with one attached hydrogen (secondary N) is 1. The molecule has 0 aromatic rings. The highest BCUT2D eigenvalue weighted by molar-refractivity contribution is 4.82. The highest BCUT2D eigenvalue weighted by Gasteiger charge is 2.24. The Morgan fingerprint density at radius 1 is 1.21 bits per heavy atom. The summed E-state index contributed by atoms with van der Waals surface area (Å²) in [7, 11) is 0. The van der Waals surface area contributed by atoms with Gasteiger partial charge in [-0.3, -0.25) is 0 Å². The van der Waals surface area contributed by atoms with E-state index in [4.69, 9.17) is 0 Å². The SMILES string of the molecule is CCC1CCC(NC(C)CC(C)C)C1. The normalized spacial score (nSPS) is 29.8. The molecule has 1 rings (SSSR count). The first-order valence-electron chi connectivity index (χ1n) is 6.37. The summed E-state index contributed by atoms with van der Waals surface area (Å²) >= 11 is 0. The lowest BCUT2D eigenvalue weighted by molar-refractivity contribution is 0.382. The average Bonchev–Trinajstić information content (AvgIpc) is 2.50. The summed E-state index contributed by atoms with van der Waals surface area (Å²) in [5, 5.41) is 3.77. The molecule has 3 atom stereocenters. The van der Waals surface area contributed by atoms with Crippen LogP contribution in [0.1, 0.15) is 59.8 Å². The van der Waals surface area contributed by atoms with Gasteiger partial charge in [-0.2, -0.15) is 0 Å². The molecule has 0 heterocycles. The second-order valence-corrected chi connectivity index (χ2v) is 5.48. The van der Waals surface area contributed by atoms with Crippen molar-refractivity contribution in [2.24, 2.45) is 11.8 Å². The van der Waals surface area contributed by atoms with E-state index in [1.807, 2.05) is 0 Å². The van der Waals surface area contributed by atoms with Gasteiger partial charge >= 0.3 is 0 Å². The summed E-state index contributed by atoms with van der Waals surface area (Å²) in [6, 6.07) is 1.52.